The minimum Gasteiger partial charge on any atom is -0.443 e. The minimum absolute atomic E-state index is 0.565. The van der Waals surface area contributed by atoms with E-state index in [1.165, 1.54) is 5.56 Å². The zero-order valence-electron chi connectivity index (χ0n) is 17.5. The summed E-state index contributed by atoms with van der Waals surface area (Å²) in [5, 5.41) is 13.0. The SMILES string of the molecule is Clc1ccc2cc(-c3nc(CNc4ccc(CCCCn5ccnn5)cc4)co3)[nH]c2c1. The molecule has 32 heavy (non-hydrogen) atoms. The number of unbranched alkanes of at least 4 members (excludes halogenated alkanes) is 1. The smallest absolute Gasteiger partial charge is 0.243 e. The van der Waals surface area contributed by atoms with Gasteiger partial charge in [0.1, 0.15) is 12.0 Å². The lowest BCUT2D eigenvalue weighted by atomic mass is 10.1. The number of hydrogen-bond acceptors (Lipinski definition) is 5. The van der Waals surface area contributed by atoms with Crippen molar-refractivity contribution < 1.29 is 4.42 Å². The number of rotatable bonds is 9. The van der Waals surface area contributed by atoms with Crippen LogP contribution in [-0.2, 0) is 19.5 Å². The summed E-state index contributed by atoms with van der Waals surface area (Å²) < 4.78 is 7.55. The number of anilines is 1. The van der Waals surface area contributed by atoms with Crippen LogP contribution in [0.25, 0.3) is 22.5 Å². The van der Waals surface area contributed by atoms with E-state index in [4.69, 9.17) is 16.0 Å². The van der Waals surface area contributed by atoms with Crippen LogP contribution in [0.3, 0.4) is 0 Å². The maximum absolute atomic E-state index is 6.07. The standard InChI is InChI=1S/C24H23ClN6O/c25-19-7-6-18-13-23(29-22(18)14-19)24-28-21(16-32-24)15-26-20-8-4-17(5-9-20)3-1-2-11-31-12-10-27-30-31/h4-10,12-14,16,26,29H,1-3,11,15H2. The maximum atomic E-state index is 6.07. The maximum Gasteiger partial charge on any atom is 0.243 e. The van der Waals surface area contributed by atoms with Crippen LogP contribution in [0.15, 0.2) is 71.6 Å². The molecule has 0 saturated carbocycles. The Morgan fingerprint density at radius 1 is 1.06 bits per heavy atom. The first-order valence-corrected chi connectivity index (χ1v) is 11.0. The van der Waals surface area contributed by atoms with Crippen LogP contribution < -0.4 is 5.32 Å². The third-order valence-electron chi connectivity index (χ3n) is 5.37. The van der Waals surface area contributed by atoms with Gasteiger partial charge in [0.25, 0.3) is 0 Å². The molecule has 0 aliphatic carbocycles. The molecule has 0 aliphatic heterocycles. The number of aryl methyl sites for hydroxylation is 2. The normalized spacial score (nSPS) is 11.3. The van der Waals surface area contributed by atoms with E-state index in [0.717, 1.165) is 53.8 Å². The van der Waals surface area contributed by atoms with Crippen molar-refractivity contribution in [3.05, 3.63) is 83.5 Å². The summed E-state index contributed by atoms with van der Waals surface area (Å²) in [6, 6.07) is 16.3. The Labute approximate surface area is 190 Å². The first-order valence-electron chi connectivity index (χ1n) is 10.6. The zero-order valence-corrected chi connectivity index (χ0v) is 18.2. The molecular formula is C24H23ClN6O. The van der Waals surface area contributed by atoms with Crippen LogP contribution in [0.5, 0.6) is 0 Å². The van der Waals surface area contributed by atoms with Crippen molar-refractivity contribution in [2.45, 2.75) is 32.4 Å². The molecule has 0 fully saturated rings. The molecule has 8 heteroatoms. The van der Waals surface area contributed by atoms with E-state index in [1.54, 1.807) is 12.5 Å². The highest BCUT2D eigenvalue weighted by Gasteiger charge is 2.10. The van der Waals surface area contributed by atoms with Crippen molar-refractivity contribution in [3.63, 3.8) is 0 Å². The molecule has 2 N–H and O–H groups in total. The number of fused-ring (bicyclic) bond motifs is 1. The molecule has 7 nitrogen and oxygen atoms in total. The largest absolute Gasteiger partial charge is 0.443 e. The van der Waals surface area contributed by atoms with Gasteiger partial charge in [0.2, 0.25) is 5.89 Å². The topological polar surface area (TPSA) is 84.6 Å². The van der Waals surface area contributed by atoms with Crippen LogP contribution in [0.1, 0.15) is 24.1 Å². The molecule has 0 saturated heterocycles. The van der Waals surface area contributed by atoms with Crippen molar-refractivity contribution in [2.24, 2.45) is 0 Å². The van der Waals surface area contributed by atoms with E-state index in [0.29, 0.717) is 17.5 Å². The van der Waals surface area contributed by atoms with E-state index >= 15 is 0 Å². The third kappa shape index (κ3) is 4.84. The van der Waals surface area contributed by atoms with Crippen LogP contribution in [0.2, 0.25) is 5.02 Å². The number of aromatic nitrogens is 5. The number of nitrogens with zero attached hydrogens (tertiary/aromatic N) is 4. The van der Waals surface area contributed by atoms with Gasteiger partial charge in [0, 0.05) is 34.4 Å². The van der Waals surface area contributed by atoms with E-state index < -0.39 is 0 Å². The quantitative estimate of drug-likeness (QED) is 0.283. The molecule has 5 rings (SSSR count). The molecule has 0 unspecified atom stereocenters. The van der Waals surface area contributed by atoms with Gasteiger partial charge in [-0.15, -0.1) is 5.10 Å². The average Bonchev–Trinajstić information content (AvgIpc) is 3.56. The minimum atomic E-state index is 0.565. The highest BCUT2D eigenvalue weighted by atomic mass is 35.5. The summed E-state index contributed by atoms with van der Waals surface area (Å²) in [6.45, 7) is 1.50. The molecule has 0 bridgehead atoms. The fourth-order valence-electron chi connectivity index (χ4n) is 3.66. The summed E-state index contributed by atoms with van der Waals surface area (Å²) in [4.78, 5) is 7.90. The number of oxazole rings is 1. The van der Waals surface area contributed by atoms with Gasteiger partial charge in [-0.1, -0.05) is 35.0 Å². The van der Waals surface area contributed by atoms with Crippen molar-refractivity contribution in [1.82, 2.24) is 25.0 Å². The Balaban J connectivity index is 1.12. The number of nitrogens with one attached hydrogen (secondary N) is 2. The van der Waals surface area contributed by atoms with Gasteiger partial charge >= 0.3 is 0 Å². The summed E-state index contributed by atoms with van der Waals surface area (Å²) in [7, 11) is 0. The van der Waals surface area contributed by atoms with E-state index in [9.17, 15) is 0 Å². The van der Waals surface area contributed by atoms with Crippen molar-refractivity contribution in [2.75, 3.05) is 5.32 Å². The monoisotopic (exact) mass is 446 g/mol. The van der Waals surface area contributed by atoms with Crippen molar-refractivity contribution in [1.29, 1.82) is 0 Å². The number of H-pyrrole nitrogens is 1. The third-order valence-corrected chi connectivity index (χ3v) is 5.60. The van der Waals surface area contributed by atoms with Gasteiger partial charge < -0.3 is 14.7 Å². The van der Waals surface area contributed by atoms with E-state index in [1.807, 2.05) is 35.1 Å². The fraction of sp³-hybridized carbons (Fsp3) is 0.208. The van der Waals surface area contributed by atoms with E-state index in [-0.39, 0.29) is 0 Å². The molecule has 0 aliphatic rings. The Morgan fingerprint density at radius 3 is 2.81 bits per heavy atom. The second-order valence-corrected chi connectivity index (χ2v) is 8.17. The Bertz CT molecular complexity index is 1290. The molecule has 162 valence electrons. The number of hydrogen-bond donors (Lipinski definition) is 2. The molecular weight excluding hydrogens is 424 g/mol. The first-order chi connectivity index (χ1) is 15.7. The van der Waals surface area contributed by atoms with E-state index in [2.05, 4.69) is 49.9 Å². The van der Waals surface area contributed by atoms with Crippen molar-refractivity contribution >= 4 is 28.2 Å². The molecule has 0 amide bonds. The molecule has 3 heterocycles. The first kappa shape index (κ1) is 20.3. The van der Waals surface area contributed by atoms with Crippen molar-refractivity contribution in [3.8, 4) is 11.6 Å². The summed E-state index contributed by atoms with van der Waals surface area (Å²) in [5.41, 5.74) is 5.03. The van der Waals surface area contributed by atoms with Crippen LogP contribution in [0.4, 0.5) is 5.69 Å². The lowest BCUT2D eigenvalue weighted by Crippen LogP contribution is -2.00. The van der Waals surface area contributed by atoms with Gasteiger partial charge in [-0.2, -0.15) is 0 Å². The van der Waals surface area contributed by atoms with Gasteiger partial charge in [-0.3, -0.25) is 4.68 Å². The Morgan fingerprint density at radius 2 is 1.97 bits per heavy atom. The zero-order chi connectivity index (χ0) is 21.8. The van der Waals surface area contributed by atoms with Gasteiger partial charge in [-0.05, 0) is 55.2 Å². The Hall–Kier alpha value is -3.58. The van der Waals surface area contributed by atoms with Crippen LogP contribution in [0, 0.1) is 0 Å². The number of aromatic amines is 1. The number of benzene rings is 2. The molecule has 0 spiro atoms. The summed E-state index contributed by atoms with van der Waals surface area (Å²) in [6.07, 6.45) is 8.55. The summed E-state index contributed by atoms with van der Waals surface area (Å²) >= 11 is 6.07. The lowest BCUT2D eigenvalue weighted by Gasteiger charge is -2.06. The second-order valence-electron chi connectivity index (χ2n) is 7.73. The Kier molecular flexibility index (Phi) is 5.89. The second kappa shape index (κ2) is 9.28. The highest BCUT2D eigenvalue weighted by Crippen LogP contribution is 2.26. The molecule has 0 radical (unpaired) electrons. The average molecular weight is 447 g/mol. The van der Waals surface area contributed by atoms with Gasteiger partial charge in [-0.25, -0.2) is 4.98 Å². The van der Waals surface area contributed by atoms with Crippen LogP contribution >= 0.6 is 11.6 Å². The molecule has 5 aromatic rings. The fourth-order valence-corrected chi connectivity index (χ4v) is 3.84. The predicted molar refractivity (Wildman–Crippen MR) is 126 cm³/mol. The van der Waals surface area contributed by atoms with Crippen LogP contribution in [-0.4, -0.2) is 25.0 Å². The molecule has 0 atom stereocenters. The number of halogens is 1. The molecule has 3 aromatic heterocycles. The van der Waals surface area contributed by atoms with Gasteiger partial charge in [0.15, 0.2) is 0 Å². The lowest BCUT2D eigenvalue weighted by molar-refractivity contribution is 0.541. The highest BCUT2D eigenvalue weighted by molar-refractivity contribution is 6.31. The summed E-state index contributed by atoms with van der Waals surface area (Å²) in [5.74, 6) is 0.565. The predicted octanol–water partition coefficient (Wildman–Crippen LogP) is 5.70. The van der Waals surface area contributed by atoms with Gasteiger partial charge in [0.05, 0.1) is 18.4 Å². The molecule has 2 aromatic carbocycles.